The van der Waals surface area contributed by atoms with Crippen molar-refractivity contribution < 1.29 is 13.9 Å². The number of benzene rings is 1. The van der Waals surface area contributed by atoms with E-state index in [0.717, 1.165) is 18.4 Å². The Morgan fingerprint density at radius 2 is 2.07 bits per heavy atom. The van der Waals surface area contributed by atoms with Crippen molar-refractivity contribution in [1.82, 2.24) is 0 Å². The van der Waals surface area contributed by atoms with Crippen molar-refractivity contribution in [3.63, 3.8) is 0 Å². The third kappa shape index (κ3) is 2.10. The molecule has 14 heavy (non-hydrogen) atoms. The molecule has 3 heteroatoms. The van der Waals surface area contributed by atoms with Gasteiger partial charge in [-0.15, -0.1) is 0 Å². The first kappa shape index (κ1) is 9.59. The van der Waals surface area contributed by atoms with E-state index in [1.807, 2.05) is 0 Å². The Morgan fingerprint density at radius 1 is 1.36 bits per heavy atom. The maximum absolute atomic E-state index is 12.3. The van der Waals surface area contributed by atoms with Crippen LogP contribution in [0.1, 0.15) is 30.4 Å². The molecule has 2 rings (SSSR count). The van der Waals surface area contributed by atoms with E-state index in [-0.39, 0.29) is 5.56 Å². The van der Waals surface area contributed by atoms with Gasteiger partial charge in [0.15, 0.2) is 0 Å². The van der Waals surface area contributed by atoms with Crippen molar-refractivity contribution in [1.29, 1.82) is 0 Å². The van der Waals surface area contributed by atoms with E-state index in [2.05, 4.69) is 0 Å². The van der Waals surface area contributed by atoms with Crippen LogP contribution in [0.4, 0.5) is 8.78 Å². The highest BCUT2D eigenvalue weighted by Gasteiger charge is 2.40. The fraction of sp³-hybridized carbons (Fsp3) is 0.455. The molecule has 1 N–H and O–H groups in total. The highest BCUT2D eigenvalue weighted by atomic mass is 19.3. The average molecular weight is 198 g/mol. The largest absolute Gasteiger partial charge is 0.390 e. The lowest BCUT2D eigenvalue weighted by Crippen LogP contribution is -2.10. The minimum Gasteiger partial charge on any atom is -0.390 e. The molecule has 0 atom stereocenters. The van der Waals surface area contributed by atoms with Crippen molar-refractivity contribution in [3.05, 3.63) is 35.4 Å². The molecule has 1 nitrogen and oxygen atoms in total. The van der Waals surface area contributed by atoms with E-state index in [4.69, 9.17) is 0 Å². The summed E-state index contributed by atoms with van der Waals surface area (Å²) in [6.45, 7) is 0. The fourth-order valence-electron chi connectivity index (χ4n) is 1.54. The molecule has 1 fully saturated rings. The molecular formula is C11H12F2O. The van der Waals surface area contributed by atoms with Gasteiger partial charge >= 0.3 is 0 Å². The third-order valence-electron chi connectivity index (χ3n) is 2.56. The summed E-state index contributed by atoms with van der Waals surface area (Å²) in [5.41, 5.74) is 0.218. The molecule has 0 heterocycles. The van der Waals surface area contributed by atoms with Gasteiger partial charge in [-0.1, -0.05) is 24.3 Å². The Labute approximate surface area is 81.4 Å². The maximum Gasteiger partial charge on any atom is 0.263 e. The van der Waals surface area contributed by atoms with Gasteiger partial charge in [0.25, 0.3) is 6.43 Å². The lowest BCUT2D eigenvalue weighted by atomic mass is 10.0. The van der Waals surface area contributed by atoms with E-state index >= 15 is 0 Å². The van der Waals surface area contributed by atoms with Crippen LogP contribution in [0.5, 0.6) is 0 Å². The Hall–Kier alpha value is -0.960. The number of alkyl halides is 2. The third-order valence-corrected chi connectivity index (χ3v) is 2.56. The van der Waals surface area contributed by atoms with Crippen molar-refractivity contribution in [2.75, 3.05) is 0 Å². The van der Waals surface area contributed by atoms with Crippen LogP contribution < -0.4 is 0 Å². The second kappa shape index (κ2) is 3.31. The molecule has 0 amide bonds. The second-order valence-corrected chi connectivity index (χ2v) is 3.95. The first-order chi connectivity index (χ1) is 6.59. The molecule has 1 aromatic carbocycles. The van der Waals surface area contributed by atoms with Gasteiger partial charge in [-0.2, -0.15) is 0 Å². The summed E-state index contributed by atoms with van der Waals surface area (Å²) < 4.78 is 24.7. The molecule has 1 aromatic rings. The van der Waals surface area contributed by atoms with Gasteiger partial charge in [0.05, 0.1) is 5.60 Å². The number of halogens is 2. The van der Waals surface area contributed by atoms with Crippen LogP contribution in [0.15, 0.2) is 24.3 Å². The summed E-state index contributed by atoms with van der Waals surface area (Å²) in [6, 6.07) is 6.27. The van der Waals surface area contributed by atoms with Gasteiger partial charge in [-0.3, -0.25) is 0 Å². The van der Waals surface area contributed by atoms with Gasteiger partial charge < -0.3 is 5.11 Å². The highest BCUT2D eigenvalue weighted by Crippen LogP contribution is 2.38. The van der Waals surface area contributed by atoms with Gasteiger partial charge in [0, 0.05) is 12.0 Å². The van der Waals surface area contributed by atoms with Crippen molar-refractivity contribution in [2.45, 2.75) is 31.3 Å². The Balaban J connectivity index is 2.13. The minimum atomic E-state index is -2.43. The van der Waals surface area contributed by atoms with Crippen LogP contribution in [-0.4, -0.2) is 10.7 Å². The van der Waals surface area contributed by atoms with Crippen LogP contribution in [0.25, 0.3) is 0 Å². The first-order valence-corrected chi connectivity index (χ1v) is 4.68. The Morgan fingerprint density at radius 3 is 2.64 bits per heavy atom. The predicted octanol–water partition coefficient (Wildman–Crippen LogP) is 2.69. The molecule has 1 saturated carbocycles. The predicted molar refractivity (Wildman–Crippen MR) is 49.3 cm³/mol. The summed E-state index contributed by atoms with van der Waals surface area (Å²) in [5, 5.41) is 9.62. The average Bonchev–Trinajstić information content (AvgIpc) is 2.83. The van der Waals surface area contributed by atoms with E-state index in [9.17, 15) is 13.9 Å². The SMILES string of the molecule is OC1(Cc2cccc(C(F)F)c2)CC1. The number of hydrogen-bond acceptors (Lipinski definition) is 1. The van der Waals surface area contributed by atoms with Gasteiger partial charge in [-0.05, 0) is 18.4 Å². The standard InChI is InChI=1S/C11H12F2O/c12-10(13)9-3-1-2-8(6-9)7-11(14)4-5-11/h1-3,6,10,14H,4-5,7H2. The molecule has 0 spiro atoms. The molecule has 0 radical (unpaired) electrons. The summed E-state index contributed by atoms with van der Waals surface area (Å²) in [4.78, 5) is 0. The monoisotopic (exact) mass is 198 g/mol. The molecule has 0 saturated heterocycles. The van der Waals surface area contributed by atoms with Crippen molar-refractivity contribution in [3.8, 4) is 0 Å². The molecule has 0 unspecified atom stereocenters. The molecule has 0 aliphatic heterocycles. The van der Waals surface area contributed by atoms with Gasteiger partial charge in [-0.25, -0.2) is 8.78 Å². The summed E-state index contributed by atoms with van der Waals surface area (Å²) >= 11 is 0. The maximum atomic E-state index is 12.3. The zero-order valence-corrected chi connectivity index (χ0v) is 7.71. The molecule has 76 valence electrons. The van der Waals surface area contributed by atoms with Crippen LogP contribution in [0.2, 0.25) is 0 Å². The zero-order chi connectivity index (χ0) is 10.2. The van der Waals surface area contributed by atoms with Crippen LogP contribution in [0, 0.1) is 0 Å². The second-order valence-electron chi connectivity index (χ2n) is 3.95. The topological polar surface area (TPSA) is 20.2 Å². The lowest BCUT2D eigenvalue weighted by molar-refractivity contribution is 0.147. The first-order valence-electron chi connectivity index (χ1n) is 4.68. The Bertz CT molecular complexity index is 332. The normalized spacial score (nSPS) is 18.6. The van der Waals surface area contributed by atoms with E-state index in [1.54, 1.807) is 12.1 Å². The van der Waals surface area contributed by atoms with E-state index in [0.29, 0.717) is 6.42 Å². The molecule has 0 bridgehead atoms. The van der Waals surface area contributed by atoms with Crippen LogP contribution in [0.3, 0.4) is 0 Å². The zero-order valence-electron chi connectivity index (χ0n) is 7.71. The lowest BCUT2D eigenvalue weighted by Gasteiger charge is -2.08. The number of hydrogen-bond donors (Lipinski definition) is 1. The van der Waals surface area contributed by atoms with Crippen LogP contribution in [-0.2, 0) is 6.42 Å². The summed E-state index contributed by atoms with van der Waals surface area (Å²) in [7, 11) is 0. The summed E-state index contributed by atoms with van der Waals surface area (Å²) in [5.74, 6) is 0. The molecule has 1 aliphatic rings. The van der Waals surface area contributed by atoms with Gasteiger partial charge in [0.1, 0.15) is 0 Å². The molecule has 0 aromatic heterocycles. The fourth-order valence-corrected chi connectivity index (χ4v) is 1.54. The number of rotatable bonds is 3. The number of aliphatic hydroxyl groups is 1. The van der Waals surface area contributed by atoms with Crippen molar-refractivity contribution in [2.24, 2.45) is 0 Å². The van der Waals surface area contributed by atoms with Gasteiger partial charge in [0.2, 0.25) is 0 Å². The molecule has 1 aliphatic carbocycles. The quantitative estimate of drug-likeness (QED) is 0.791. The molecular weight excluding hydrogens is 186 g/mol. The highest BCUT2D eigenvalue weighted by molar-refractivity contribution is 5.26. The minimum absolute atomic E-state index is 0.0340. The smallest absolute Gasteiger partial charge is 0.263 e. The summed E-state index contributed by atoms with van der Waals surface area (Å²) in [6.07, 6.45) is -0.366. The Kier molecular flexibility index (Phi) is 2.27. The van der Waals surface area contributed by atoms with Crippen LogP contribution >= 0.6 is 0 Å². The van der Waals surface area contributed by atoms with Crippen molar-refractivity contribution >= 4 is 0 Å². The van der Waals surface area contributed by atoms with E-state index < -0.39 is 12.0 Å². The van der Waals surface area contributed by atoms with E-state index in [1.165, 1.54) is 12.1 Å².